The third-order valence-corrected chi connectivity index (χ3v) is 4.85. The number of methoxy groups -OCH3 is 1. The SMILES string of the molecule is CCCC(=O)OC[C@H]1O[C@H](OC)[C@H](OC(=O)CCC)[C@@H](OC(=O)CCC)[C@@H]1OC(=O)CCC. The minimum Gasteiger partial charge on any atom is -0.463 e. The van der Waals surface area contributed by atoms with E-state index in [1.54, 1.807) is 0 Å². The Morgan fingerprint density at radius 1 is 0.636 bits per heavy atom. The number of rotatable bonds is 14. The van der Waals surface area contributed by atoms with Crippen molar-refractivity contribution in [3.63, 3.8) is 0 Å². The molecule has 1 saturated heterocycles. The number of carbonyl (C=O) groups excluding carboxylic acids is 4. The first-order valence-corrected chi connectivity index (χ1v) is 11.7. The Labute approximate surface area is 195 Å². The van der Waals surface area contributed by atoms with Gasteiger partial charge in [-0.25, -0.2) is 0 Å². The summed E-state index contributed by atoms with van der Waals surface area (Å²) in [6.45, 7) is 7.04. The van der Waals surface area contributed by atoms with E-state index in [1.165, 1.54) is 7.11 Å². The molecule has 33 heavy (non-hydrogen) atoms. The van der Waals surface area contributed by atoms with Crippen LogP contribution in [-0.2, 0) is 47.6 Å². The van der Waals surface area contributed by atoms with Crippen molar-refractivity contribution in [1.82, 2.24) is 0 Å². The molecule has 0 unspecified atom stereocenters. The van der Waals surface area contributed by atoms with E-state index in [-0.39, 0.29) is 32.3 Å². The smallest absolute Gasteiger partial charge is 0.306 e. The van der Waals surface area contributed by atoms with Gasteiger partial charge in [0.05, 0.1) is 0 Å². The van der Waals surface area contributed by atoms with Crippen molar-refractivity contribution in [2.45, 2.75) is 110 Å². The lowest BCUT2D eigenvalue weighted by molar-refractivity contribution is -0.303. The molecule has 190 valence electrons. The van der Waals surface area contributed by atoms with Crippen molar-refractivity contribution in [3.05, 3.63) is 0 Å². The Bertz CT molecular complexity index is 635. The molecule has 1 rings (SSSR count). The molecule has 0 aliphatic carbocycles. The highest BCUT2D eigenvalue weighted by Crippen LogP contribution is 2.30. The van der Waals surface area contributed by atoms with E-state index in [0.717, 1.165) is 0 Å². The van der Waals surface area contributed by atoms with Gasteiger partial charge in [-0.1, -0.05) is 27.7 Å². The molecule has 0 bridgehead atoms. The average molecular weight is 475 g/mol. The lowest BCUT2D eigenvalue weighted by Gasteiger charge is -2.44. The third-order valence-electron chi connectivity index (χ3n) is 4.85. The molecule has 5 atom stereocenters. The summed E-state index contributed by atoms with van der Waals surface area (Å²) in [6.07, 6.45) is -2.80. The molecule has 0 aromatic rings. The van der Waals surface area contributed by atoms with Crippen LogP contribution in [0.3, 0.4) is 0 Å². The van der Waals surface area contributed by atoms with Gasteiger partial charge in [0.25, 0.3) is 0 Å². The molecule has 0 radical (unpaired) electrons. The minimum absolute atomic E-state index is 0.121. The van der Waals surface area contributed by atoms with Gasteiger partial charge >= 0.3 is 23.9 Å². The van der Waals surface area contributed by atoms with Crippen LogP contribution in [0.5, 0.6) is 0 Å². The molecule has 0 N–H and O–H groups in total. The highest BCUT2D eigenvalue weighted by molar-refractivity contribution is 5.72. The predicted molar refractivity (Wildman–Crippen MR) is 116 cm³/mol. The van der Waals surface area contributed by atoms with Gasteiger partial charge in [-0.05, 0) is 25.7 Å². The third kappa shape index (κ3) is 9.67. The maximum atomic E-state index is 12.4. The first-order chi connectivity index (χ1) is 15.8. The summed E-state index contributed by atoms with van der Waals surface area (Å²) in [4.78, 5) is 49.0. The maximum Gasteiger partial charge on any atom is 0.306 e. The van der Waals surface area contributed by atoms with Crippen LogP contribution >= 0.6 is 0 Å². The largest absolute Gasteiger partial charge is 0.463 e. The van der Waals surface area contributed by atoms with Crippen molar-refractivity contribution in [1.29, 1.82) is 0 Å². The van der Waals surface area contributed by atoms with Crippen LogP contribution in [0, 0.1) is 0 Å². The molecule has 1 aliphatic heterocycles. The number of ether oxygens (including phenoxy) is 6. The second-order valence-corrected chi connectivity index (χ2v) is 7.83. The fraction of sp³-hybridized carbons (Fsp3) is 0.826. The van der Waals surface area contributed by atoms with Crippen LogP contribution in [0.15, 0.2) is 0 Å². The van der Waals surface area contributed by atoms with Gasteiger partial charge in [-0.15, -0.1) is 0 Å². The van der Waals surface area contributed by atoms with Crippen molar-refractivity contribution < 1.29 is 47.6 Å². The monoisotopic (exact) mass is 474 g/mol. The highest BCUT2D eigenvalue weighted by atomic mass is 16.7. The van der Waals surface area contributed by atoms with Crippen molar-refractivity contribution >= 4 is 23.9 Å². The summed E-state index contributed by atoms with van der Waals surface area (Å²) in [5.41, 5.74) is 0. The van der Waals surface area contributed by atoms with E-state index in [0.29, 0.717) is 25.7 Å². The van der Waals surface area contributed by atoms with E-state index in [1.807, 2.05) is 27.7 Å². The second kappa shape index (κ2) is 15.6. The molecular weight excluding hydrogens is 436 g/mol. The molecule has 1 heterocycles. The highest BCUT2D eigenvalue weighted by Gasteiger charge is 2.53. The predicted octanol–water partition coefficient (Wildman–Crippen LogP) is 2.84. The fourth-order valence-corrected chi connectivity index (χ4v) is 3.30. The topological polar surface area (TPSA) is 124 Å². The minimum atomic E-state index is -1.20. The second-order valence-electron chi connectivity index (χ2n) is 7.83. The fourth-order valence-electron chi connectivity index (χ4n) is 3.30. The lowest BCUT2D eigenvalue weighted by Crippen LogP contribution is -2.63. The van der Waals surface area contributed by atoms with Gasteiger partial charge in [0.2, 0.25) is 0 Å². The Hall–Kier alpha value is -2.20. The Morgan fingerprint density at radius 3 is 1.52 bits per heavy atom. The van der Waals surface area contributed by atoms with Crippen LogP contribution in [-0.4, -0.2) is 68.3 Å². The van der Waals surface area contributed by atoms with Gasteiger partial charge in [-0.2, -0.15) is 0 Å². The molecule has 1 aliphatic rings. The molecule has 0 saturated carbocycles. The van der Waals surface area contributed by atoms with Gasteiger partial charge < -0.3 is 28.4 Å². The zero-order chi connectivity index (χ0) is 24.8. The van der Waals surface area contributed by atoms with E-state index >= 15 is 0 Å². The molecular formula is C23H38O10. The summed E-state index contributed by atoms with van der Waals surface area (Å²) in [6, 6.07) is 0. The van der Waals surface area contributed by atoms with Crippen LogP contribution in [0.4, 0.5) is 0 Å². The zero-order valence-corrected chi connectivity index (χ0v) is 20.3. The molecule has 10 heteroatoms. The van der Waals surface area contributed by atoms with Crippen LogP contribution in [0.25, 0.3) is 0 Å². The Balaban J connectivity index is 3.27. The van der Waals surface area contributed by atoms with E-state index in [4.69, 9.17) is 28.4 Å². The number of esters is 4. The van der Waals surface area contributed by atoms with E-state index < -0.39 is 54.6 Å². The maximum absolute atomic E-state index is 12.4. The van der Waals surface area contributed by atoms with Gasteiger partial charge in [0.1, 0.15) is 12.7 Å². The molecule has 1 fully saturated rings. The van der Waals surface area contributed by atoms with Crippen LogP contribution < -0.4 is 0 Å². The van der Waals surface area contributed by atoms with E-state index in [2.05, 4.69) is 0 Å². The summed E-state index contributed by atoms with van der Waals surface area (Å²) in [5.74, 6) is -2.06. The number of hydrogen-bond acceptors (Lipinski definition) is 10. The van der Waals surface area contributed by atoms with Gasteiger partial charge in [0.15, 0.2) is 24.6 Å². The Morgan fingerprint density at radius 2 is 1.06 bits per heavy atom. The Kier molecular flexibility index (Phi) is 13.6. The molecule has 0 amide bonds. The first-order valence-electron chi connectivity index (χ1n) is 11.7. The molecule has 0 spiro atoms. The summed E-state index contributed by atoms with van der Waals surface area (Å²) in [5, 5.41) is 0. The molecule has 10 nitrogen and oxygen atoms in total. The number of hydrogen-bond donors (Lipinski definition) is 0. The van der Waals surface area contributed by atoms with Crippen molar-refractivity contribution in [2.75, 3.05) is 13.7 Å². The van der Waals surface area contributed by atoms with Crippen molar-refractivity contribution in [3.8, 4) is 0 Å². The average Bonchev–Trinajstić information content (AvgIpc) is 2.76. The summed E-state index contributed by atoms with van der Waals surface area (Å²) < 4.78 is 33.3. The van der Waals surface area contributed by atoms with Crippen LogP contribution in [0.1, 0.15) is 79.1 Å². The zero-order valence-electron chi connectivity index (χ0n) is 20.3. The standard InChI is InChI=1S/C23H38O10/c1-6-10-16(24)29-14-15-20(31-17(25)11-7-2)21(32-18(26)12-8-3)22(23(28-5)30-15)33-19(27)13-9-4/h15,20-23H,6-14H2,1-5H3/t15-,20-,21+,22-,23+/m1/s1. The first kappa shape index (κ1) is 28.8. The van der Waals surface area contributed by atoms with Crippen molar-refractivity contribution in [2.24, 2.45) is 0 Å². The van der Waals surface area contributed by atoms with Gasteiger partial charge in [0, 0.05) is 32.8 Å². The van der Waals surface area contributed by atoms with Gasteiger partial charge in [-0.3, -0.25) is 19.2 Å². The molecule has 0 aromatic heterocycles. The van der Waals surface area contributed by atoms with E-state index in [9.17, 15) is 19.2 Å². The summed E-state index contributed by atoms with van der Waals surface area (Å²) >= 11 is 0. The molecule has 0 aromatic carbocycles. The van der Waals surface area contributed by atoms with Crippen LogP contribution in [0.2, 0.25) is 0 Å². The lowest BCUT2D eigenvalue weighted by atomic mass is 9.98. The summed E-state index contributed by atoms with van der Waals surface area (Å²) in [7, 11) is 1.35. The normalized spacial score (nSPS) is 24.6. The number of carbonyl (C=O) groups is 4. The quantitative estimate of drug-likeness (QED) is 0.274.